The zero-order chi connectivity index (χ0) is 26.7. The molecule has 0 unspecified atom stereocenters. The predicted octanol–water partition coefficient (Wildman–Crippen LogP) is 4.81. The molecule has 36 heavy (non-hydrogen) atoms. The summed E-state index contributed by atoms with van der Waals surface area (Å²) >= 11 is 3.43. The minimum Gasteiger partial charge on any atom is -0.365 e. The van der Waals surface area contributed by atoms with Gasteiger partial charge in [-0.05, 0) is 34.5 Å². The van der Waals surface area contributed by atoms with Crippen LogP contribution in [0.4, 0.5) is 27.6 Å². The van der Waals surface area contributed by atoms with Gasteiger partial charge in [-0.25, -0.2) is 13.8 Å². The highest BCUT2D eigenvalue weighted by atomic mass is 79.9. The second-order valence-electron chi connectivity index (χ2n) is 7.60. The molecule has 0 saturated carbocycles. The number of nitrogens with zero attached hydrogens (tertiary/aromatic N) is 5. The highest BCUT2D eigenvalue weighted by Crippen LogP contribution is 2.44. The number of halogens is 6. The Hall–Kier alpha value is -3.40. The summed E-state index contributed by atoms with van der Waals surface area (Å²) in [6.45, 7) is 1.68. The number of nitrogens with two attached hydrogens (primary N) is 1. The lowest BCUT2D eigenvalue weighted by Gasteiger charge is -2.11. The van der Waals surface area contributed by atoms with E-state index in [4.69, 9.17) is 5.73 Å². The van der Waals surface area contributed by atoms with E-state index in [2.05, 4.69) is 36.4 Å². The molecule has 0 aliphatic carbocycles. The largest absolute Gasteiger partial charge is 0.436 e. The number of amides is 2. The van der Waals surface area contributed by atoms with Gasteiger partial charge in [-0.1, -0.05) is 0 Å². The summed E-state index contributed by atoms with van der Waals surface area (Å²) in [7, 11) is 2.77. The van der Waals surface area contributed by atoms with Crippen molar-refractivity contribution >= 4 is 55.0 Å². The number of carbonyl (C=O) groups is 2. The van der Waals surface area contributed by atoms with Gasteiger partial charge in [-0.2, -0.15) is 23.4 Å². The minimum atomic E-state index is -4.84. The minimum absolute atomic E-state index is 0.0322. The van der Waals surface area contributed by atoms with Crippen molar-refractivity contribution in [3.05, 3.63) is 44.4 Å². The van der Waals surface area contributed by atoms with Crippen LogP contribution in [0.5, 0.6) is 0 Å². The molecule has 0 atom stereocenters. The summed E-state index contributed by atoms with van der Waals surface area (Å²) in [5.41, 5.74) is 4.08. The Morgan fingerprint density at radius 1 is 1.19 bits per heavy atom. The quantitative estimate of drug-likeness (QED) is 0.323. The third-order valence-electron chi connectivity index (χ3n) is 5.37. The molecule has 4 heterocycles. The smallest absolute Gasteiger partial charge is 0.365 e. The number of anilines is 1. The van der Waals surface area contributed by atoms with Crippen molar-refractivity contribution in [2.24, 2.45) is 19.8 Å². The molecule has 16 heteroatoms. The van der Waals surface area contributed by atoms with Crippen LogP contribution in [0.3, 0.4) is 0 Å². The molecule has 190 valence electrons. The van der Waals surface area contributed by atoms with Gasteiger partial charge in [0.1, 0.15) is 21.1 Å². The fourth-order valence-corrected chi connectivity index (χ4v) is 5.35. The van der Waals surface area contributed by atoms with Gasteiger partial charge < -0.3 is 11.1 Å². The predicted molar refractivity (Wildman–Crippen MR) is 124 cm³/mol. The molecule has 9 nitrogen and oxygen atoms in total. The van der Waals surface area contributed by atoms with Gasteiger partial charge in [0.05, 0.1) is 16.4 Å². The van der Waals surface area contributed by atoms with Crippen molar-refractivity contribution in [2.75, 3.05) is 5.32 Å². The first-order valence-corrected chi connectivity index (χ1v) is 11.5. The summed E-state index contributed by atoms with van der Waals surface area (Å²) < 4.78 is 68.7. The summed E-state index contributed by atoms with van der Waals surface area (Å²) in [5.74, 6) is -2.05. The van der Waals surface area contributed by atoms with Gasteiger partial charge >= 0.3 is 6.18 Å². The van der Waals surface area contributed by atoms with Crippen LogP contribution in [0.25, 0.3) is 21.3 Å². The first-order valence-electron chi connectivity index (χ1n) is 9.87. The number of fused-ring (bicyclic) bond motifs is 1. The van der Waals surface area contributed by atoms with Crippen molar-refractivity contribution in [3.8, 4) is 11.1 Å². The number of pyridine rings is 1. The Balaban J connectivity index is 1.97. The Labute approximate surface area is 211 Å². The molecule has 3 N–H and O–H groups in total. The van der Waals surface area contributed by atoms with Crippen LogP contribution in [0, 0.1) is 6.92 Å². The molecule has 0 aliphatic rings. The van der Waals surface area contributed by atoms with E-state index in [0.29, 0.717) is 22.6 Å². The first kappa shape index (κ1) is 25.7. The van der Waals surface area contributed by atoms with Crippen LogP contribution in [0.2, 0.25) is 0 Å². The molecular weight excluding hydrogens is 577 g/mol. The monoisotopic (exact) mass is 591 g/mol. The number of primary amides is 1. The number of nitrogens with one attached hydrogen (secondary N) is 1. The molecule has 4 aromatic rings. The maximum atomic E-state index is 13.6. The number of rotatable bonds is 5. The molecule has 0 radical (unpaired) electrons. The third-order valence-corrected chi connectivity index (χ3v) is 7.22. The van der Waals surface area contributed by atoms with Crippen molar-refractivity contribution in [2.45, 2.75) is 19.5 Å². The standard InChI is InChI=1S/C20H15BrF5N7O2S/c1-6-8(5-28-32(6)2)7-4-9(16(22)23)29-19-10(7)12(14(36-19)17(27)34)30-18(35)13-11(21)15(20(24,25)26)31-33(13)3/h4-5,16H,1-3H3,(H2,27,34)(H,30,35). The van der Waals surface area contributed by atoms with Gasteiger partial charge in [0.25, 0.3) is 18.2 Å². The van der Waals surface area contributed by atoms with E-state index in [1.807, 2.05) is 0 Å². The summed E-state index contributed by atoms with van der Waals surface area (Å²) in [6.07, 6.45) is -6.38. The Kier molecular flexibility index (Phi) is 6.36. The van der Waals surface area contributed by atoms with E-state index in [-0.39, 0.29) is 26.3 Å². The van der Waals surface area contributed by atoms with Crippen molar-refractivity contribution in [3.63, 3.8) is 0 Å². The zero-order valence-electron chi connectivity index (χ0n) is 18.5. The van der Waals surface area contributed by atoms with E-state index < -0.39 is 46.0 Å². The van der Waals surface area contributed by atoms with Crippen LogP contribution >= 0.6 is 27.3 Å². The Morgan fingerprint density at radius 3 is 2.36 bits per heavy atom. The number of aromatic nitrogens is 5. The molecule has 0 aromatic carbocycles. The van der Waals surface area contributed by atoms with Gasteiger partial charge in [0.15, 0.2) is 5.69 Å². The molecule has 0 spiro atoms. The second-order valence-corrected chi connectivity index (χ2v) is 9.39. The molecule has 0 fully saturated rings. The summed E-state index contributed by atoms with van der Waals surface area (Å²) in [5, 5.41) is 9.99. The average molecular weight is 592 g/mol. The average Bonchev–Trinajstić information content (AvgIpc) is 3.41. The molecule has 2 amide bonds. The van der Waals surface area contributed by atoms with E-state index in [0.717, 1.165) is 17.8 Å². The first-order chi connectivity index (χ1) is 16.7. The van der Waals surface area contributed by atoms with E-state index in [1.165, 1.54) is 10.9 Å². The highest BCUT2D eigenvalue weighted by molar-refractivity contribution is 9.10. The topological polar surface area (TPSA) is 121 Å². The second kappa shape index (κ2) is 8.92. The SMILES string of the molecule is Cc1c(-c2cc(C(F)F)nc3sc(C(N)=O)c(NC(=O)c4c(Br)c(C(F)(F)F)nn4C)c23)cnn1C. The molecular formula is C20H15BrF5N7O2S. The maximum Gasteiger partial charge on any atom is 0.436 e. The molecule has 4 rings (SSSR count). The van der Waals surface area contributed by atoms with Gasteiger partial charge in [-0.15, -0.1) is 11.3 Å². The van der Waals surface area contributed by atoms with E-state index in [9.17, 15) is 31.5 Å². The Bertz CT molecular complexity index is 1540. The van der Waals surface area contributed by atoms with Crippen LogP contribution in [0.1, 0.15) is 43.7 Å². The Morgan fingerprint density at radius 2 is 1.86 bits per heavy atom. The van der Waals surface area contributed by atoms with E-state index in [1.54, 1.807) is 14.0 Å². The highest BCUT2D eigenvalue weighted by Gasteiger charge is 2.39. The van der Waals surface area contributed by atoms with Gasteiger partial charge in [-0.3, -0.25) is 19.0 Å². The number of alkyl halides is 5. The number of hydrogen-bond donors (Lipinski definition) is 2. The number of hydrogen-bond acceptors (Lipinski definition) is 6. The zero-order valence-corrected chi connectivity index (χ0v) is 20.9. The number of carbonyl (C=O) groups excluding carboxylic acids is 2. The maximum absolute atomic E-state index is 13.6. The van der Waals surface area contributed by atoms with Crippen LogP contribution in [-0.2, 0) is 20.3 Å². The van der Waals surface area contributed by atoms with E-state index >= 15 is 0 Å². The van der Waals surface area contributed by atoms with Crippen LogP contribution in [-0.4, -0.2) is 36.4 Å². The fourth-order valence-electron chi connectivity index (χ4n) is 3.60. The molecule has 0 aliphatic heterocycles. The normalized spacial score (nSPS) is 12.1. The summed E-state index contributed by atoms with van der Waals surface area (Å²) in [4.78, 5) is 29.0. The van der Waals surface area contributed by atoms with Crippen LogP contribution in [0.15, 0.2) is 16.7 Å². The molecule has 0 saturated heterocycles. The van der Waals surface area contributed by atoms with Crippen LogP contribution < -0.4 is 11.1 Å². The van der Waals surface area contributed by atoms with Crippen molar-refractivity contribution < 1.29 is 31.5 Å². The fraction of sp³-hybridized carbons (Fsp3) is 0.250. The van der Waals surface area contributed by atoms with Crippen molar-refractivity contribution in [1.29, 1.82) is 0 Å². The lowest BCUT2D eigenvalue weighted by atomic mass is 10.0. The van der Waals surface area contributed by atoms with Crippen molar-refractivity contribution in [1.82, 2.24) is 24.5 Å². The lowest BCUT2D eigenvalue weighted by molar-refractivity contribution is -0.142. The third kappa shape index (κ3) is 4.23. The summed E-state index contributed by atoms with van der Waals surface area (Å²) in [6, 6.07) is 1.10. The number of thiophene rings is 1. The van der Waals surface area contributed by atoms with Gasteiger partial charge in [0, 0.05) is 30.7 Å². The number of aryl methyl sites for hydroxylation is 2. The molecule has 0 bridgehead atoms. The lowest BCUT2D eigenvalue weighted by Crippen LogP contribution is -2.19. The van der Waals surface area contributed by atoms with Gasteiger partial charge in [0.2, 0.25) is 0 Å². The molecule has 4 aromatic heterocycles.